The van der Waals surface area contributed by atoms with E-state index >= 15 is 0 Å². The molecule has 2 heterocycles. The second kappa shape index (κ2) is 8.16. The molecule has 0 atom stereocenters. The van der Waals surface area contributed by atoms with Crippen molar-refractivity contribution in [1.29, 1.82) is 10.5 Å². The molecule has 0 aromatic carbocycles. The number of carbonyl (C=O) groups is 1. The highest BCUT2D eigenvalue weighted by Gasteiger charge is 2.34. The third-order valence-electron chi connectivity index (χ3n) is 5.25. The molecule has 2 fully saturated rings. The maximum absolute atomic E-state index is 12.4. The molecule has 0 radical (unpaired) electrons. The summed E-state index contributed by atoms with van der Waals surface area (Å²) in [4.78, 5) is 20.9. The largest absolute Gasteiger partial charge is 0.353 e. The van der Waals surface area contributed by atoms with Crippen LogP contribution in [0, 0.1) is 22.7 Å². The van der Waals surface area contributed by atoms with E-state index in [1.807, 2.05) is 0 Å². The van der Waals surface area contributed by atoms with Crippen LogP contribution in [0.15, 0.2) is 18.3 Å². The maximum atomic E-state index is 12.4. The molecule has 7 heteroatoms. The molecular weight excluding hydrogens is 328 g/mol. The van der Waals surface area contributed by atoms with Gasteiger partial charge in [-0.25, -0.2) is 4.98 Å². The number of carbonyl (C=O) groups excluding carboxylic acids is 1. The zero-order valence-electron chi connectivity index (χ0n) is 14.9. The van der Waals surface area contributed by atoms with Gasteiger partial charge in [0, 0.05) is 32.4 Å². The molecule has 0 spiro atoms. The number of hydrogen-bond donors (Lipinski definition) is 1. The number of nitrogens with one attached hydrogen (secondary N) is 1. The number of nitriles is 2. The van der Waals surface area contributed by atoms with Crippen LogP contribution < -0.4 is 10.2 Å². The third-order valence-corrected chi connectivity index (χ3v) is 5.25. The Kier molecular flexibility index (Phi) is 5.70. The van der Waals surface area contributed by atoms with Crippen LogP contribution in [0.3, 0.4) is 0 Å². The Bertz CT molecular complexity index is 720. The summed E-state index contributed by atoms with van der Waals surface area (Å²) < 4.78 is 0. The SMILES string of the molecule is N#Cc1cccnc1N1CCN(CC(=O)NC2(C#N)CCCCC2)CC1. The summed E-state index contributed by atoms with van der Waals surface area (Å²) >= 11 is 0. The van der Waals surface area contributed by atoms with E-state index in [9.17, 15) is 15.3 Å². The van der Waals surface area contributed by atoms with Crippen molar-refractivity contribution < 1.29 is 4.79 Å². The topological polar surface area (TPSA) is 96.1 Å². The molecule has 1 saturated carbocycles. The van der Waals surface area contributed by atoms with Crippen molar-refractivity contribution in [3.8, 4) is 12.1 Å². The van der Waals surface area contributed by atoms with Crippen LogP contribution in [0.2, 0.25) is 0 Å². The van der Waals surface area contributed by atoms with Gasteiger partial charge in [0.05, 0.1) is 18.2 Å². The molecular formula is C19H24N6O. The van der Waals surface area contributed by atoms with Crippen molar-refractivity contribution in [3.63, 3.8) is 0 Å². The van der Waals surface area contributed by atoms with Gasteiger partial charge >= 0.3 is 0 Å². The quantitative estimate of drug-likeness (QED) is 0.880. The van der Waals surface area contributed by atoms with E-state index in [1.165, 1.54) is 0 Å². The molecule has 1 aromatic heterocycles. The lowest BCUT2D eigenvalue weighted by molar-refractivity contribution is -0.124. The van der Waals surface area contributed by atoms with E-state index < -0.39 is 5.54 Å². The average molecular weight is 352 g/mol. The predicted octanol–water partition coefficient (Wildman–Crippen LogP) is 1.42. The summed E-state index contributed by atoms with van der Waals surface area (Å²) in [5.74, 6) is 0.641. The Balaban J connectivity index is 1.52. The fraction of sp³-hybridized carbons (Fsp3) is 0.579. The molecule has 7 nitrogen and oxygen atoms in total. The van der Waals surface area contributed by atoms with Gasteiger partial charge in [-0.2, -0.15) is 10.5 Å². The van der Waals surface area contributed by atoms with Crippen LogP contribution in [-0.2, 0) is 4.79 Å². The Hall–Kier alpha value is -2.64. The zero-order chi connectivity index (χ0) is 18.4. The molecule has 1 amide bonds. The standard InChI is InChI=1S/C19H24N6O/c20-13-16-5-4-8-22-18(16)25-11-9-24(10-12-25)14-17(26)23-19(15-21)6-2-1-3-7-19/h4-5,8H,1-3,6-7,9-12,14H2,(H,23,26). The minimum Gasteiger partial charge on any atom is -0.353 e. The number of nitrogens with zero attached hydrogens (tertiary/aromatic N) is 5. The first kappa shape index (κ1) is 18.2. The molecule has 136 valence electrons. The third kappa shape index (κ3) is 4.12. The summed E-state index contributed by atoms with van der Waals surface area (Å²) in [7, 11) is 0. The highest BCUT2D eigenvalue weighted by Crippen LogP contribution is 2.27. The highest BCUT2D eigenvalue weighted by molar-refractivity contribution is 5.79. The van der Waals surface area contributed by atoms with Crippen LogP contribution in [0.25, 0.3) is 0 Å². The zero-order valence-corrected chi connectivity index (χ0v) is 14.9. The summed E-state index contributed by atoms with van der Waals surface area (Å²) in [5, 5.41) is 21.7. The van der Waals surface area contributed by atoms with Crippen molar-refractivity contribution in [3.05, 3.63) is 23.9 Å². The summed E-state index contributed by atoms with van der Waals surface area (Å²) in [6.45, 7) is 3.22. The molecule has 1 saturated heterocycles. The minimum absolute atomic E-state index is 0.0718. The molecule has 1 aliphatic heterocycles. The van der Waals surface area contributed by atoms with E-state index in [2.05, 4.69) is 32.2 Å². The fourth-order valence-corrected chi connectivity index (χ4v) is 3.78. The second-order valence-corrected chi connectivity index (χ2v) is 7.05. The van der Waals surface area contributed by atoms with Gasteiger partial charge in [-0.1, -0.05) is 19.3 Å². The highest BCUT2D eigenvalue weighted by atomic mass is 16.2. The molecule has 1 aliphatic carbocycles. The first-order valence-electron chi connectivity index (χ1n) is 9.20. The number of hydrogen-bond acceptors (Lipinski definition) is 6. The Labute approximate surface area is 154 Å². The fourth-order valence-electron chi connectivity index (χ4n) is 3.78. The molecule has 3 rings (SSSR count). The average Bonchev–Trinajstić information content (AvgIpc) is 2.69. The normalized spacial score (nSPS) is 20.0. The molecule has 1 N–H and O–H groups in total. The molecule has 0 bridgehead atoms. The maximum Gasteiger partial charge on any atom is 0.235 e. The summed E-state index contributed by atoms with van der Waals surface area (Å²) in [5.41, 5.74) is -0.0979. The predicted molar refractivity (Wildman–Crippen MR) is 97.2 cm³/mol. The van der Waals surface area contributed by atoms with Crippen LogP contribution in [-0.4, -0.2) is 54.1 Å². The van der Waals surface area contributed by atoms with Crippen LogP contribution in [0.5, 0.6) is 0 Å². The van der Waals surface area contributed by atoms with Gasteiger partial charge in [0.1, 0.15) is 17.4 Å². The van der Waals surface area contributed by atoms with Gasteiger partial charge in [-0.3, -0.25) is 9.69 Å². The smallest absolute Gasteiger partial charge is 0.235 e. The first-order chi connectivity index (χ1) is 12.7. The minimum atomic E-state index is -0.674. The van der Waals surface area contributed by atoms with E-state index in [0.717, 1.165) is 58.3 Å². The molecule has 2 aliphatic rings. The number of anilines is 1. The Morgan fingerprint density at radius 3 is 2.58 bits per heavy atom. The molecule has 1 aromatic rings. The van der Waals surface area contributed by atoms with Gasteiger partial charge in [-0.05, 0) is 25.0 Å². The van der Waals surface area contributed by atoms with Gasteiger partial charge < -0.3 is 10.2 Å². The van der Waals surface area contributed by atoms with Crippen molar-refractivity contribution >= 4 is 11.7 Å². The van der Waals surface area contributed by atoms with Gasteiger partial charge in [0.2, 0.25) is 5.91 Å². The lowest BCUT2D eigenvalue weighted by Crippen LogP contribution is -2.54. The Morgan fingerprint density at radius 1 is 1.19 bits per heavy atom. The number of piperazine rings is 1. The van der Waals surface area contributed by atoms with Gasteiger partial charge in [0.25, 0.3) is 0 Å². The van der Waals surface area contributed by atoms with Crippen LogP contribution in [0.4, 0.5) is 5.82 Å². The van der Waals surface area contributed by atoms with Gasteiger partial charge in [0.15, 0.2) is 0 Å². The van der Waals surface area contributed by atoms with Crippen molar-refractivity contribution in [2.24, 2.45) is 0 Å². The second-order valence-electron chi connectivity index (χ2n) is 7.05. The lowest BCUT2D eigenvalue weighted by atomic mass is 9.83. The number of amides is 1. The molecule has 26 heavy (non-hydrogen) atoms. The van der Waals surface area contributed by atoms with Crippen LogP contribution >= 0.6 is 0 Å². The molecule has 0 unspecified atom stereocenters. The lowest BCUT2D eigenvalue weighted by Gasteiger charge is -2.36. The van der Waals surface area contributed by atoms with E-state index in [0.29, 0.717) is 17.9 Å². The monoisotopic (exact) mass is 352 g/mol. The van der Waals surface area contributed by atoms with Crippen molar-refractivity contribution in [2.75, 3.05) is 37.6 Å². The Morgan fingerprint density at radius 2 is 1.92 bits per heavy atom. The van der Waals surface area contributed by atoms with E-state index in [1.54, 1.807) is 18.3 Å². The summed E-state index contributed by atoms with van der Waals surface area (Å²) in [6.07, 6.45) is 6.33. The number of pyridine rings is 1. The first-order valence-corrected chi connectivity index (χ1v) is 9.20. The van der Waals surface area contributed by atoms with Crippen LogP contribution in [0.1, 0.15) is 37.7 Å². The van der Waals surface area contributed by atoms with Crippen molar-refractivity contribution in [1.82, 2.24) is 15.2 Å². The number of aromatic nitrogens is 1. The van der Waals surface area contributed by atoms with E-state index in [4.69, 9.17) is 0 Å². The number of rotatable bonds is 4. The van der Waals surface area contributed by atoms with E-state index in [-0.39, 0.29) is 5.91 Å². The van der Waals surface area contributed by atoms with Gasteiger partial charge in [-0.15, -0.1) is 0 Å². The van der Waals surface area contributed by atoms with Crippen molar-refractivity contribution in [2.45, 2.75) is 37.6 Å². The summed E-state index contributed by atoms with van der Waals surface area (Å²) in [6, 6.07) is 8.04.